The molecule has 1 saturated carbocycles. The zero-order valence-corrected chi connectivity index (χ0v) is 11.7. The molecule has 4 heteroatoms. The highest BCUT2D eigenvalue weighted by Crippen LogP contribution is 2.46. The van der Waals surface area contributed by atoms with Gasteiger partial charge in [0.1, 0.15) is 5.82 Å². The fourth-order valence-electron chi connectivity index (χ4n) is 1.89. The Balaban J connectivity index is 1.97. The minimum Gasteiger partial charge on any atom is -0.309 e. The van der Waals surface area contributed by atoms with Gasteiger partial charge in [-0.1, -0.05) is 17.7 Å². The molecule has 0 spiro atoms. The molecule has 1 atom stereocenters. The van der Waals surface area contributed by atoms with E-state index in [2.05, 4.69) is 18.5 Å². The van der Waals surface area contributed by atoms with Crippen molar-refractivity contribution in [1.82, 2.24) is 5.32 Å². The van der Waals surface area contributed by atoms with E-state index < -0.39 is 0 Å². The molecule has 1 nitrogen and oxygen atoms in total. The Bertz CT molecular complexity index is 406. The van der Waals surface area contributed by atoms with Crippen molar-refractivity contribution in [2.75, 3.05) is 12.8 Å². The average Bonchev–Trinajstić information content (AvgIpc) is 3.07. The molecule has 1 N–H and O–H groups in total. The summed E-state index contributed by atoms with van der Waals surface area (Å²) in [7, 11) is 0. The number of rotatable bonds is 5. The van der Waals surface area contributed by atoms with Gasteiger partial charge < -0.3 is 5.32 Å². The minimum atomic E-state index is -0.284. The van der Waals surface area contributed by atoms with Crippen molar-refractivity contribution in [2.24, 2.45) is 0 Å². The summed E-state index contributed by atoms with van der Waals surface area (Å²) >= 11 is 7.97. The predicted molar refractivity (Wildman–Crippen MR) is 73.3 cm³/mol. The fraction of sp³-hybridized carbons (Fsp3) is 0.538. The van der Waals surface area contributed by atoms with E-state index in [4.69, 9.17) is 11.6 Å². The maximum absolute atomic E-state index is 12.9. The van der Waals surface area contributed by atoms with Crippen LogP contribution >= 0.6 is 23.4 Å². The topological polar surface area (TPSA) is 12.0 Å². The second kappa shape index (κ2) is 5.17. The number of hydrogen-bond acceptors (Lipinski definition) is 2. The summed E-state index contributed by atoms with van der Waals surface area (Å²) in [5.41, 5.74) is 0.963. The molecule has 1 aliphatic carbocycles. The Morgan fingerprint density at radius 3 is 2.76 bits per heavy atom. The molecule has 0 saturated heterocycles. The molecular weight excluding hydrogens is 257 g/mol. The summed E-state index contributed by atoms with van der Waals surface area (Å²) in [6.45, 7) is 3.05. The predicted octanol–water partition coefficient (Wildman–Crippen LogP) is 4.03. The van der Waals surface area contributed by atoms with Gasteiger partial charge in [-0.15, -0.1) is 0 Å². The van der Waals surface area contributed by atoms with Crippen molar-refractivity contribution in [2.45, 2.75) is 30.6 Å². The van der Waals surface area contributed by atoms with Gasteiger partial charge in [0.15, 0.2) is 0 Å². The van der Waals surface area contributed by atoms with Crippen LogP contribution in [0.2, 0.25) is 5.02 Å². The van der Waals surface area contributed by atoms with Crippen molar-refractivity contribution < 1.29 is 4.39 Å². The van der Waals surface area contributed by atoms with Gasteiger partial charge in [0.2, 0.25) is 0 Å². The summed E-state index contributed by atoms with van der Waals surface area (Å²) in [5, 5.41) is 3.98. The second-order valence-electron chi connectivity index (χ2n) is 4.66. The Kier molecular flexibility index (Phi) is 4.01. The van der Waals surface area contributed by atoms with Gasteiger partial charge in [0.25, 0.3) is 0 Å². The largest absolute Gasteiger partial charge is 0.309 e. The standard InChI is InChI=1S/C13H17ClFNS/c1-9(16-8-13(17-2)5-6-13)11-4-3-10(15)7-12(11)14/h3-4,7,9,16H,5-6,8H2,1-2H3. The van der Waals surface area contributed by atoms with Gasteiger partial charge in [-0.2, -0.15) is 11.8 Å². The zero-order chi connectivity index (χ0) is 12.5. The lowest BCUT2D eigenvalue weighted by molar-refractivity contribution is 0.561. The minimum absolute atomic E-state index is 0.160. The van der Waals surface area contributed by atoms with E-state index in [-0.39, 0.29) is 11.9 Å². The number of benzene rings is 1. The highest BCUT2D eigenvalue weighted by Gasteiger charge is 2.41. The smallest absolute Gasteiger partial charge is 0.124 e. The van der Waals surface area contributed by atoms with Crippen LogP contribution in [0.4, 0.5) is 4.39 Å². The molecule has 0 radical (unpaired) electrons. The summed E-state index contributed by atoms with van der Waals surface area (Å²) in [5.74, 6) is -0.284. The Hall–Kier alpha value is -0.250. The SMILES string of the molecule is CSC1(CNC(C)c2ccc(F)cc2Cl)CC1. The van der Waals surface area contributed by atoms with Gasteiger partial charge in [0, 0.05) is 22.4 Å². The van der Waals surface area contributed by atoms with Gasteiger partial charge in [0.05, 0.1) is 0 Å². The molecule has 0 heterocycles. The van der Waals surface area contributed by atoms with Crippen LogP contribution in [-0.4, -0.2) is 17.5 Å². The lowest BCUT2D eigenvalue weighted by Crippen LogP contribution is -2.28. The molecule has 1 aromatic carbocycles. The van der Waals surface area contributed by atoms with Crippen LogP contribution in [0, 0.1) is 5.82 Å². The van der Waals surface area contributed by atoms with Crippen LogP contribution < -0.4 is 5.32 Å². The molecule has 17 heavy (non-hydrogen) atoms. The third kappa shape index (κ3) is 3.15. The van der Waals surface area contributed by atoms with E-state index in [0.717, 1.165) is 12.1 Å². The van der Waals surface area contributed by atoms with E-state index in [1.54, 1.807) is 6.07 Å². The fourth-order valence-corrected chi connectivity index (χ4v) is 2.96. The second-order valence-corrected chi connectivity index (χ2v) is 6.34. The number of nitrogens with one attached hydrogen (secondary N) is 1. The van der Waals surface area contributed by atoms with Crippen molar-refractivity contribution in [1.29, 1.82) is 0 Å². The van der Waals surface area contributed by atoms with Crippen LogP contribution in [0.1, 0.15) is 31.4 Å². The van der Waals surface area contributed by atoms with Crippen LogP contribution in [0.25, 0.3) is 0 Å². The average molecular weight is 274 g/mol. The van der Waals surface area contributed by atoms with E-state index >= 15 is 0 Å². The third-order valence-corrected chi connectivity index (χ3v) is 5.15. The lowest BCUT2D eigenvalue weighted by Gasteiger charge is -2.19. The normalized spacial score (nSPS) is 19.1. The molecule has 94 valence electrons. The number of hydrogen-bond donors (Lipinski definition) is 1. The van der Waals surface area contributed by atoms with E-state index in [1.165, 1.54) is 25.0 Å². The van der Waals surface area contributed by atoms with Gasteiger partial charge >= 0.3 is 0 Å². The maximum Gasteiger partial charge on any atom is 0.124 e. The molecule has 0 aromatic heterocycles. The summed E-state index contributed by atoms with van der Waals surface area (Å²) in [6, 6.07) is 4.75. The summed E-state index contributed by atoms with van der Waals surface area (Å²) in [6.07, 6.45) is 4.72. The van der Waals surface area contributed by atoms with Gasteiger partial charge in [-0.25, -0.2) is 4.39 Å². The van der Waals surface area contributed by atoms with Crippen molar-refractivity contribution >= 4 is 23.4 Å². The Labute approximate surface area is 111 Å². The van der Waals surface area contributed by atoms with Crippen molar-refractivity contribution in [3.63, 3.8) is 0 Å². The van der Waals surface area contributed by atoms with E-state index in [1.807, 2.05) is 11.8 Å². The van der Waals surface area contributed by atoms with Gasteiger partial charge in [-0.05, 0) is 43.7 Å². The quantitative estimate of drug-likeness (QED) is 0.869. The monoisotopic (exact) mass is 273 g/mol. The molecule has 1 aliphatic rings. The first kappa shape index (κ1) is 13.2. The summed E-state index contributed by atoms with van der Waals surface area (Å²) in [4.78, 5) is 0. The van der Waals surface area contributed by atoms with Crippen molar-refractivity contribution in [3.8, 4) is 0 Å². The third-order valence-electron chi connectivity index (χ3n) is 3.40. The lowest BCUT2D eigenvalue weighted by atomic mass is 10.1. The first-order valence-corrected chi connectivity index (χ1v) is 7.40. The Morgan fingerprint density at radius 2 is 2.24 bits per heavy atom. The molecule has 0 aliphatic heterocycles. The van der Waals surface area contributed by atoms with E-state index in [9.17, 15) is 4.39 Å². The Morgan fingerprint density at radius 1 is 1.53 bits per heavy atom. The molecule has 2 rings (SSSR count). The van der Waals surface area contributed by atoms with E-state index in [0.29, 0.717) is 9.77 Å². The molecule has 0 amide bonds. The zero-order valence-electron chi connectivity index (χ0n) is 10.1. The highest BCUT2D eigenvalue weighted by atomic mass is 35.5. The maximum atomic E-state index is 12.9. The van der Waals surface area contributed by atoms with Crippen LogP contribution in [0.5, 0.6) is 0 Å². The number of thioether (sulfide) groups is 1. The molecule has 0 bridgehead atoms. The van der Waals surface area contributed by atoms with Gasteiger partial charge in [-0.3, -0.25) is 0 Å². The van der Waals surface area contributed by atoms with Crippen LogP contribution in [0.3, 0.4) is 0 Å². The first-order chi connectivity index (χ1) is 8.06. The first-order valence-electron chi connectivity index (χ1n) is 5.80. The molecular formula is C13H17ClFNS. The number of halogens is 2. The molecule has 1 unspecified atom stereocenters. The summed E-state index contributed by atoms with van der Waals surface area (Å²) < 4.78 is 13.4. The molecule has 1 fully saturated rings. The van der Waals surface area contributed by atoms with Crippen LogP contribution in [-0.2, 0) is 0 Å². The van der Waals surface area contributed by atoms with Crippen molar-refractivity contribution in [3.05, 3.63) is 34.6 Å². The highest BCUT2D eigenvalue weighted by molar-refractivity contribution is 8.00. The van der Waals surface area contributed by atoms with Crippen LogP contribution in [0.15, 0.2) is 18.2 Å². The molecule has 1 aromatic rings.